The van der Waals surface area contributed by atoms with Crippen molar-refractivity contribution in [2.45, 2.75) is 24.8 Å². The van der Waals surface area contributed by atoms with Gasteiger partial charge in [-0.2, -0.15) is 5.10 Å². The maximum absolute atomic E-state index is 12.7. The average molecular weight is 440 g/mol. The molecular formula is C23H25N3O4S. The zero-order valence-electron chi connectivity index (χ0n) is 17.4. The lowest BCUT2D eigenvalue weighted by atomic mass is 9.74. The first kappa shape index (κ1) is 21.3. The summed E-state index contributed by atoms with van der Waals surface area (Å²) in [5, 5.41) is 9.34. The van der Waals surface area contributed by atoms with Crippen molar-refractivity contribution in [3.05, 3.63) is 69.8 Å². The lowest BCUT2D eigenvalue weighted by molar-refractivity contribution is -0.122. The Morgan fingerprint density at radius 3 is 2.65 bits per heavy atom. The number of nitrogens with one attached hydrogen (secondary N) is 1. The van der Waals surface area contributed by atoms with E-state index in [9.17, 15) is 9.59 Å². The first-order valence-electron chi connectivity index (χ1n) is 10.2. The van der Waals surface area contributed by atoms with Gasteiger partial charge in [-0.05, 0) is 48.1 Å². The predicted octanol–water partition coefficient (Wildman–Crippen LogP) is 2.85. The van der Waals surface area contributed by atoms with Crippen molar-refractivity contribution in [1.82, 2.24) is 15.1 Å². The van der Waals surface area contributed by atoms with Crippen LogP contribution in [0.25, 0.3) is 10.6 Å². The van der Waals surface area contributed by atoms with Crippen molar-refractivity contribution in [1.29, 1.82) is 0 Å². The lowest BCUT2D eigenvalue weighted by Gasteiger charge is -2.38. The molecule has 0 atom stereocenters. The Labute approximate surface area is 184 Å². The largest absolute Gasteiger partial charge is 0.497 e. The summed E-state index contributed by atoms with van der Waals surface area (Å²) in [4.78, 5) is 25.9. The van der Waals surface area contributed by atoms with Gasteiger partial charge in [-0.15, -0.1) is 11.3 Å². The van der Waals surface area contributed by atoms with Gasteiger partial charge in [0.1, 0.15) is 18.0 Å². The van der Waals surface area contributed by atoms with Gasteiger partial charge in [0.25, 0.3) is 5.56 Å². The molecule has 3 aromatic rings. The van der Waals surface area contributed by atoms with Crippen LogP contribution in [0.2, 0.25) is 0 Å². The molecule has 0 unspecified atom stereocenters. The minimum Gasteiger partial charge on any atom is -0.497 e. The summed E-state index contributed by atoms with van der Waals surface area (Å²) in [7, 11) is 1.64. The summed E-state index contributed by atoms with van der Waals surface area (Å²) in [5.74, 6) is 0.559. The van der Waals surface area contributed by atoms with Crippen LogP contribution in [-0.4, -0.2) is 42.6 Å². The van der Waals surface area contributed by atoms with Crippen LogP contribution in [0.1, 0.15) is 18.4 Å². The van der Waals surface area contributed by atoms with Crippen LogP contribution in [-0.2, 0) is 21.5 Å². The molecule has 0 bridgehead atoms. The molecule has 1 aliphatic rings. The van der Waals surface area contributed by atoms with Crippen LogP contribution in [0.4, 0.5) is 0 Å². The van der Waals surface area contributed by atoms with Gasteiger partial charge >= 0.3 is 0 Å². The summed E-state index contributed by atoms with van der Waals surface area (Å²) in [6, 6.07) is 15.0. The number of nitrogens with zero attached hydrogens (tertiary/aromatic N) is 2. The Bertz CT molecular complexity index is 1070. The van der Waals surface area contributed by atoms with E-state index in [1.165, 1.54) is 22.1 Å². The van der Waals surface area contributed by atoms with E-state index >= 15 is 0 Å². The molecule has 8 heteroatoms. The highest BCUT2D eigenvalue weighted by Gasteiger charge is 2.35. The zero-order valence-corrected chi connectivity index (χ0v) is 18.2. The first-order valence-corrected chi connectivity index (χ1v) is 11.1. The van der Waals surface area contributed by atoms with Gasteiger partial charge in [-0.1, -0.05) is 18.2 Å². The number of ether oxygens (including phenoxy) is 2. The van der Waals surface area contributed by atoms with Gasteiger partial charge in [-0.25, -0.2) is 4.68 Å². The van der Waals surface area contributed by atoms with Crippen molar-refractivity contribution in [2.24, 2.45) is 0 Å². The highest BCUT2D eigenvalue weighted by atomic mass is 32.1. The number of thiophene rings is 1. The van der Waals surface area contributed by atoms with Crippen molar-refractivity contribution in [3.63, 3.8) is 0 Å². The molecule has 1 amide bonds. The molecule has 7 nitrogen and oxygen atoms in total. The van der Waals surface area contributed by atoms with E-state index in [-0.39, 0.29) is 23.4 Å². The normalized spacial score (nSPS) is 15.4. The Kier molecular flexibility index (Phi) is 6.48. The fourth-order valence-electron chi connectivity index (χ4n) is 3.85. The van der Waals surface area contributed by atoms with Crippen LogP contribution >= 0.6 is 11.3 Å². The Hall–Kier alpha value is -2.97. The van der Waals surface area contributed by atoms with Gasteiger partial charge in [0.15, 0.2) is 0 Å². The van der Waals surface area contributed by atoms with Crippen LogP contribution in [0.15, 0.2) is 58.7 Å². The molecule has 31 heavy (non-hydrogen) atoms. The summed E-state index contributed by atoms with van der Waals surface area (Å²) in [6.45, 7) is 1.64. The number of hydrogen-bond acceptors (Lipinski definition) is 6. The highest BCUT2D eigenvalue weighted by molar-refractivity contribution is 7.13. The van der Waals surface area contributed by atoms with E-state index in [0.29, 0.717) is 25.5 Å². The number of rotatable bonds is 7. The van der Waals surface area contributed by atoms with E-state index in [0.717, 1.165) is 29.0 Å². The number of aromatic nitrogens is 2. The molecule has 0 spiro atoms. The van der Waals surface area contributed by atoms with Gasteiger partial charge in [0.05, 0.1) is 12.0 Å². The summed E-state index contributed by atoms with van der Waals surface area (Å²) < 4.78 is 12.1. The van der Waals surface area contributed by atoms with Gasteiger partial charge in [0, 0.05) is 31.2 Å². The summed E-state index contributed by atoms with van der Waals surface area (Å²) in [5.41, 5.74) is 1.32. The third-order valence-corrected chi connectivity index (χ3v) is 6.60. The van der Waals surface area contributed by atoms with Gasteiger partial charge in [0.2, 0.25) is 5.91 Å². The molecule has 3 heterocycles. The monoisotopic (exact) mass is 439 g/mol. The van der Waals surface area contributed by atoms with Crippen LogP contribution < -0.4 is 15.6 Å². The standard InChI is InChI=1S/C23H25N3O4S/c1-29-18-6-4-17(5-7-18)23(10-12-30-13-11-23)16-24-21(27)15-26-22(28)9-8-19(25-26)20-3-2-14-31-20/h2-9,14H,10-13,15-16H2,1H3,(H,24,27). The van der Waals surface area contributed by atoms with Gasteiger partial charge < -0.3 is 14.8 Å². The molecule has 162 valence electrons. The van der Waals surface area contributed by atoms with E-state index in [4.69, 9.17) is 9.47 Å². The van der Waals surface area contributed by atoms with E-state index in [2.05, 4.69) is 10.4 Å². The Balaban J connectivity index is 1.47. The van der Waals surface area contributed by atoms with Crippen molar-refractivity contribution < 1.29 is 14.3 Å². The third-order valence-electron chi connectivity index (χ3n) is 5.71. The quantitative estimate of drug-likeness (QED) is 0.612. The van der Waals surface area contributed by atoms with Crippen LogP contribution in [0.3, 0.4) is 0 Å². The Morgan fingerprint density at radius 2 is 1.97 bits per heavy atom. The molecule has 2 aromatic heterocycles. The van der Waals surface area contributed by atoms with Crippen molar-refractivity contribution in [2.75, 3.05) is 26.9 Å². The maximum atomic E-state index is 12.7. The zero-order chi connectivity index (χ0) is 21.7. The highest BCUT2D eigenvalue weighted by Crippen LogP contribution is 2.35. The van der Waals surface area contributed by atoms with E-state index < -0.39 is 0 Å². The molecule has 1 aliphatic heterocycles. The Morgan fingerprint density at radius 1 is 1.19 bits per heavy atom. The molecule has 1 fully saturated rings. The number of carbonyl (C=O) groups is 1. The summed E-state index contributed by atoms with van der Waals surface area (Å²) in [6.07, 6.45) is 1.62. The molecule has 1 aromatic carbocycles. The summed E-state index contributed by atoms with van der Waals surface area (Å²) >= 11 is 1.54. The van der Waals surface area contributed by atoms with Crippen LogP contribution in [0.5, 0.6) is 5.75 Å². The third kappa shape index (κ3) is 4.86. The second-order valence-corrected chi connectivity index (χ2v) is 8.54. The number of carbonyl (C=O) groups excluding carboxylic acids is 1. The SMILES string of the molecule is COc1ccc(C2(CNC(=O)Cn3nc(-c4cccs4)ccc3=O)CCOCC2)cc1. The molecule has 0 radical (unpaired) electrons. The molecule has 0 aliphatic carbocycles. The molecule has 0 saturated carbocycles. The van der Waals surface area contributed by atoms with Crippen molar-refractivity contribution in [3.8, 4) is 16.3 Å². The number of methoxy groups -OCH3 is 1. The lowest BCUT2D eigenvalue weighted by Crippen LogP contribution is -2.46. The number of amides is 1. The smallest absolute Gasteiger partial charge is 0.267 e. The number of hydrogen-bond donors (Lipinski definition) is 1. The topological polar surface area (TPSA) is 82.5 Å². The fourth-order valence-corrected chi connectivity index (χ4v) is 4.54. The fraction of sp³-hybridized carbons (Fsp3) is 0.348. The minimum absolute atomic E-state index is 0.118. The predicted molar refractivity (Wildman–Crippen MR) is 120 cm³/mol. The van der Waals surface area contributed by atoms with Crippen molar-refractivity contribution >= 4 is 17.2 Å². The second kappa shape index (κ2) is 9.45. The molecule has 1 saturated heterocycles. The van der Waals surface area contributed by atoms with E-state index in [1.807, 2.05) is 41.8 Å². The molecule has 1 N–H and O–H groups in total. The van der Waals surface area contributed by atoms with E-state index in [1.54, 1.807) is 13.2 Å². The first-order chi connectivity index (χ1) is 15.1. The minimum atomic E-state index is -0.300. The molecular weight excluding hydrogens is 414 g/mol. The van der Waals surface area contributed by atoms with Crippen LogP contribution in [0, 0.1) is 0 Å². The number of benzene rings is 1. The maximum Gasteiger partial charge on any atom is 0.267 e. The average Bonchev–Trinajstić information content (AvgIpc) is 3.35. The second-order valence-electron chi connectivity index (χ2n) is 7.59. The van der Waals surface area contributed by atoms with Gasteiger partial charge in [-0.3, -0.25) is 9.59 Å². The molecule has 4 rings (SSSR count).